The van der Waals surface area contributed by atoms with Crippen LogP contribution in [0.1, 0.15) is 30.0 Å². The predicted molar refractivity (Wildman–Crippen MR) is 110 cm³/mol. The highest BCUT2D eigenvalue weighted by Crippen LogP contribution is 2.63. The summed E-state index contributed by atoms with van der Waals surface area (Å²) in [7, 11) is 0. The second-order valence-electron chi connectivity index (χ2n) is 8.26. The molecular weight excluding hydrogens is 375 g/mol. The molecule has 2 aromatic rings. The van der Waals surface area contributed by atoms with Crippen LogP contribution in [0.2, 0.25) is 0 Å². The number of hydrogen-bond acceptors (Lipinski definition) is 2. The Morgan fingerprint density at radius 3 is 2.57 bits per heavy atom. The van der Waals surface area contributed by atoms with Crippen molar-refractivity contribution in [1.29, 1.82) is 0 Å². The molecule has 6 heteroatoms. The van der Waals surface area contributed by atoms with Crippen molar-refractivity contribution in [3.05, 3.63) is 71.0 Å². The summed E-state index contributed by atoms with van der Waals surface area (Å²) in [6, 6.07) is 15.2. The third kappa shape index (κ3) is 4.06. The molecule has 2 N–H and O–H groups in total. The molecule has 0 aromatic heterocycles. The Hall–Kier alpha value is -1.60. The van der Waals surface area contributed by atoms with Crippen molar-refractivity contribution >= 4 is 11.3 Å². The normalized spacial score (nSPS) is 27.5. The summed E-state index contributed by atoms with van der Waals surface area (Å²) < 4.78 is 35.3. The van der Waals surface area contributed by atoms with E-state index in [-0.39, 0.29) is 11.2 Å². The maximum absolute atomic E-state index is 13.0. The number of benzene rings is 2. The highest BCUT2D eigenvalue weighted by atomic mass is 32.2. The van der Waals surface area contributed by atoms with E-state index < -0.39 is 11.3 Å². The third-order valence-electron chi connectivity index (χ3n) is 6.63. The zero-order chi connectivity index (χ0) is 19.7. The molecule has 2 aromatic carbocycles. The number of fused-ring (bicyclic) bond motifs is 1. The summed E-state index contributed by atoms with van der Waals surface area (Å²) in [6.07, 6.45) is 2.09. The van der Waals surface area contributed by atoms with E-state index in [0.29, 0.717) is 18.4 Å². The molecule has 1 heterocycles. The second-order valence-corrected chi connectivity index (χ2v) is 9.04. The highest BCUT2D eigenvalue weighted by Gasteiger charge is 2.65. The smallest absolute Gasteiger partial charge is 0.232 e. The Kier molecular flexibility index (Phi) is 5.65. The van der Waals surface area contributed by atoms with Gasteiger partial charge in [-0.25, -0.2) is 13.3 Å². The number of likely N-dealkylation sites (tertiary alicyclic amines) is 1. The average Bonchev–Trinajstić information content (AvgIpc) is 3.03. The van der Waals surface area contributed by atoms with Crippen LogP contribution in [0, 0.1) is 17.7 Å². The summed E-state index contributed by atoms with van der Waals surface area (Å²) in [5, 5.41) is 0. The zero-order valence-electron chi connectivity index (χ0n) is 16.1. The molecule has 2 aliphatic rings. The highest BCUT2D eigenvalue weighted by molar-refractivity contribution is 7.77. The van der Waals surface area contributed by atoms with Gasteiger partial charge in [0, 0.05) is 25.0 Å². The van der Waals surface area contributed by atoms with Gasteiger partial charge in [0.05, 0.1) is 0 Å². The minimum Gasteiger partial charge on any atom is -0.303 e. The van der Waals surface area contributed by atoms with Crippen LogP contribution in [0.15, 0.2) is 48.5 Å². The lowest BCUT2D eigenvalue weighted by molar-refractivity contribution is 0.274. The Morgan fingerprint density at radius 2 is 1.89 bits per heavy atom. The van der Waals surface area contributed by atoms with Gasteiger partial charge < -0.3 is 4.90 Å². The summed E-state index contributed by atoms with van der Waals surface area (Å²) in [5.41, 5.74) is 3.81. The van der Waals surface area contributed by atoms with Crippen molar-refractivity contribution in [1.82, 2.24) is 9.62 Å². The molecule has 3 unspecified atom stereocenters. The van der Waals surface area contributed by atoms with Gasteiger partial charge in [0.1, 0.15) is 5.82 Å². The quantitative estimate of drug-likeness (QED) is 0.665. The first-order chi connectivity index (χ1) is 13.5. The lowest BCUT2D eigenvalue weighted by Crippen LogP contribution is -2.30. The van der Waals surface area contributed by atoms with Gasteiger partial charge in [-0.15, -0.1) is 0 Å². The van der Waals surface area contributed by atoms with Crippen molar-refractivity contribution < 1.29 is 13.2 Å². The van der Waals surface area contributed by atoms with E-state index in [9.17, 15) is 8.60 Å². The largest absolute Gasteiger partial charge is 0.303 e. The molecule has 4 nitrogen and oxygen atoms in total. The predicted octanol–water partition coefficient (Wildman–Crippen LogP) is 3.50. The average molecular weight is 403 g/mol. The first-order valence-electron chi connectivity index (χ1n) is 9.87. The van der Waals surface area contributed by atoms with Gasteiger partial charge in [-0.3, -0.25) is 4.55 Å². The van der Waals surface area contributed by atoms with E-state index in [1.54, 1.807) is 0 Å². The van der Waals surface area contributed by atoms with Crippen LogP contribution in [-0.4, -0.2) is 33.3 Å². The zero-order valence-corrected chi connectivity index (χ0v) is 16.9. The maximum atomic E-state index is 13.0. The molecule has 4 rings (SSSR count). The summed E-state index contributed by atoms with van der Waals surface area (Å²) in [6.45, 7) is 6.11. The number of nitrogens with zero attached hydrogens (tertiary/aromatic N) is 1. The lowest BCUT2D eigenvalue weighted by Gasteiger charge is -2.24. The topological polar surface area (TPSA) is 52.6 Å². The van der Waals surface area contributed by atoms with Crippen molar-refractivity contribution in [2.75, 3.05) is 19.6 Å². The molecule has 1 saturated heterocycles. The summed E-state index contributed by atoms with van der Waals surface area (Å²) in [4.78, 5) is 2.56. The molecule has 3 atom stereocenters. The fourth-order valence-electron chi connectivity index (χ4n) is 4.89. The van der Waals surface area contributed by atoms with E-state index in [2.05, 4.69) is 28.7 Å². The summed E-state index contributed by atoms with van der Waals surface area (Å²) >= 11 is -1.98. The van der Waals surface area contributed by atoms with Gasteiger partial charge in [0.15, 0.2) is 0 Å². The molecular formula is C22H27FN2O2S. The van der Waals surface area contributed by atoms with Crippen LogP contribution < -0.4 is 4.72 Å². The molecule has 150 valence electrons. The molecule has 1 saturated carbocycles. The molecule has 28 heavy (non-hydrogen) atoms. The Bertz CT molecular complexity index is 846. The Labute approximate surface area is 168 Å². The van der Waals surface area contributed by atoms with Crippen molar-refractivity contribution in [3.63, 3.8) is 0 Å². The number of hydrogen-bond donors (Lipinski definition) is 2. The standard InChI is InChI=1S/C22H27FN2O2S/c1-22(18-6-2-4-17(12-18)13-24-28(26)27)20-14-25(15-21(20)22)11-3-5-16-7-9-19(23)10-8-16/h2,4,6-10,12,20-21,24H,3,5,11,13-15H2,1H3,(H,26,27). The van der Waals surface area contributed by atoms with E-state index in [4.69, 9.17) is 4.55 Å². The fourth-order valence-corrected chi connectivity index (χ4v) is 5.18. The van der Waals surface area contributed by atoms with E-state index in [1.807, 2.05) is 24.3 Å². The van der Waals surface area contributed by atoms with Crippen LogP contribution in [0.3, 0.4) is 0 Å². The molecule has 1 aliphatic carbocycles. The third-order valence-corrected chi connectivity index (χ3v) is 7.02. The number of rotatable bonds is 8. The fraction of sp³-hybridized carbons (Fsp3) is 0.455. The van der Waals surface area contributed by atoms with Gasteiger partial charge in [0.25, 0.3) is 0 Å². The number of halogens is 1. The number of nitrogens with one attached hydrogen (secondary N) is 1. The summed E-state index contributed by atoms with van der Waals surface area (Å²) in [5.74, 6) is 1.20. The first kappa shape index (κ1) is 19.7. The maximum Gasteiger partial charge on any atom is 0.232 e. The second kappa shape index (κ2) is 8.03. The molecule has 0 bridgehead atoms. The molecule has 2 fully saturated rings. The molecule has 0 radical (unpaired) electrons. The van der Waals surface area contributed by atoms with Gasteiger partial charge in [-0.05, 0) is 60.0 Å². The van der Waals surface area contributed by atoms with Gasteiger partial charge >= 0.3 is 0 Å². The molecule has 1 aliphatic heterocycles. The van der Waals surface area contributed by atoms with E-state index >= 15 is 0 Å². The van der Waals surface area contributed by atoms with Crippen LogP contribution >= 0.6 is 0 Å². The van der Waals surface area contributed by atoms with Crippen LogP contribution in [0.25, 0.3) is 0 Å². The monoisotopic (exact) mass is 402 g/mol. The number of aryl methyl sites for hydroxylation is 1. The van der Waals surface area contributed by atoms with Crippen molar-refractivity contribution in [2.24, 2.45) is 11.8 Å². The van der Waals surface area contributed by atoms with Gasteiger partial charge in [-0.2, -0.15) is 0 Å². The minimum absolute atomic E-state index is 0.174. The minimum atomic E-state index is -1.98. The molecule has 0 amide bonds. The van der Waals surface area contributed by atoms with Crippen molar-refractivity contribution in [2.45, 2.75) is 31.7 Å². The Balaban J connectivity index is 1.28. The Morgan fingerprint density at radius 1 is 1.18 bits per heavy atom. The van der Waals surface area contributed by atoms with E-state index in [0.717, 1.165) is 38.0 Å². The van der Waals surface area contributed by atoms with Gasteiger partial charge in [-0.1, -0.05) is 43.3 Å². The number of piperidine rings is 1. The van der Waals surface area contributed by atoms with Crippen LogP contribution in [0.4, 0.5) is 4.39 Å². The lowest BCUT2D eigenvalue weighted by atomic mass is 9.91. The van der Waals surface area contributed by atoms with Crippen molar-refractivity contribution in [3.8, 4) is 0 Å². The van der Waals surface area contributed by atoms with Crippen LogP contribution in [-0.2, 0) is 29.6 Å². The SMILES string of the molecule is CC1(c2cccc(CNS(=O)O)c2)C2CN(CCCc3ccc(F)cc3)CC21. The van der Waals surface area contributed by atoms with Gasteiger partial charge in [0.2, 0.25) is 11.3 Å². The van der Waals surface area contributed by atoms with E-state index in [1.165, 1.54) is 23.3 Å². The van der Waals surface area contributed by atoms with Crippen LogP contribution in [0.5, 0.6) is 0 Å². The molecule has 0 spiro atoms. The first-order valence-corrected chi connectivity index (χ1v) is 11.0.